The fourth-order valence-electron chi connectivity index (χ4n) is 1.91. The topological polar surface area (TPSA) is 53.9 Å². The van der Waals surface area contributed by atoms with Crippen LogP contribution in [-0.2, 0) is 9.53 Å². The second-order valence-corrected chi connectivity index (χ2v) is 6.01. The molecule has 0 saturated carbocycles. The lowest BCUT2D eigenvalue weighted by Gasteiger charge is -2.23. The van der Waals surface area contributed by atoms with Crippen LogP contribution < -0.4 is 5.43 Å². The predicted octanol–water partition coefficient (Wildman–Crippen LogP) is 3.46. The summed E-state index contributed by atoms with van der Waals surface area (Å²) >= 11 is 0.850. The number of rotatable bonds is 7. The van der Waals surface area contributed by atoms with E-state index in [9.17, 15) is 18.0 Å². The zero-order chi connectivity index (χ0) is 17.6. The van der Waals surface area contributed by atoms with Gasteiger partial charge in [-0.3, -0.25) is 4.79 Å². The molecule has 0 bridgehead atoms. The van der Waals surface area contributed by atoms with Gasteiger partial charge in [-0.2, -0.15) is 13.2 Å². The smallest absolute Gasteiger partial charge is 0.309 e. The van der Waals surface area contributed by atoms with Gasteiger partial charge in [-0.15, -0.1) is 0 Å². The van der Waals surface area contributed by atoms with Crippen LogP contribution >= 0.6 is 22.6 Å². The number of amides is 1. The Morgan fingerprint density at radius 2 is 2.30 bits per heavy atom. The molecule has 1 heterocycles. The van der Waals surface area contributed by atoms with Crippen LogP contribution in [-0.4, -0.2) is 34.4 Å². The molecule has 0 spiro atoms. The van der Waals surface area contributed by atoms with Crippen molar-refractivity contribution in [3.05, 3.63) is 35.4 Å². The minimum atomic E-state index is -3.33. The third-order valence-corrected chi connectivity index (χ3v) is 3.11. The lowest BCUT2D eigenvalue weighted by atomic mass is 10.1. The number of carbonyl (C=O) groups excluding carboxylic acids is 1. The van der Waals surface area contributed by atoms with Crippen molar-refractivity contribution in [2.75, 3.05) is 6.54 Å². The number of carbonyl (C=O) groups is 1. The maximum Gasteiger partial charge on any atom is 0.408 e. The summed E-state index contributed by atoms with van der Waals surface area (Å²) in [7, 11) is 0. The van der Waals surface area contributed by atoms with Crippen LogP contribution in [0, 0.1) is 0 Å². The molecule has 1 N–H and O–H groups in total. The Kier molecular flexibility index (Phi) is 7.42. The number of alkyl halides is 3. The highest BCUT2D eigenvalue weighted by atomic mass is 127. The number of aliphatic imine (C=N–C) groups is 1. The van der Waals surface area contributed by atoms with E-state index >= 15 is 0 Å². The Bertz CT molecular complexity index is 556. The number of hydrazine groups is 1. The van der Waals surface area contributed by atoms with Gasteiger partial charge in [0.25, 0.3) is 0 Å². The first-order valence-electron chi connectivity index (χ1n) is 6.66. The number of ether oxygens (including phenoxy) is 1. The van der Waals surface area contributed by atoms with Crippen LogP contribution in [0.5, 0.6) is 0 Å². The molecule has 1 unspecified atom stereocenters. The largest absolute Gasteiger partial charge is 0.408 e. The molecule has 1 aliphatic heterocycles. The van der Waals surface area contributed by atoms with E-state index in [1.807, 2.05) is 0 Å². The Morgan fingerprint density at radius 3 is 2.87 bits per heavy atom. The predicted molar refractivity (Wildman–Crippen MR) is 89.6 cm³/mol. The molecule has 0 aromatic carbocycles. The van der Waals surface area contributed by atoms with Crippen molar-refractivity contribution in [3.63, 3.8) is 0 Å². The third-order valence-electron chi connectivity index (χ3n) is 2.86. The van der Waals surface area contributed by atoms with Crippen LogP contribution in [0.2, 0.25) is 0 Å². The lowest BCUT2D eigenvalue weighted by molar-refractivity contribution is -0.178. The first-order chi connectivity index (χ1) is 10.6. The van der Waals surface area contributed by atoms with Crippen molar-refractivity contribution >= 4 is 35.2 Å². The highest BCUT2D eigenvalue weighted by Crippen LogP contribution is 2.27. The molecule has 1 atom stereocenters. The molecule has 0 aliphatic carbocycles. The van der Waals surface area contributed by atoms with Gasteiger partial charge in [-0.05, 0) is 38.3 Å². The molecule has 0 saturated heterocycles. The van der Waals surface area contributed by atoms with E-state index in [-0.39, 0.29) is 6.42 Å². The molecule has 128 valence electrons. The molecule has 5 nitrogen and oxygen atoms in total. The Morgan fingerprint density at radius 1 is 1.65 bits per heavy atom. The van der Waals surface area contributed by atoms with Gasteiger partial charge in [0.2, 0.25) is 11.9 Å². The van der Waals surface area contributed by atoms with E-state index in [1.165, 1.54) is 18.0 Å². The van der Waals surface area contributed by atoms with Gasteiger partial charge in [-0.25, -0.2) is 15.4 Å². The standard InChI is InChI=1S/C14H17F3IN3O2/c1-9(4-5-12(15)19-3)11-6-7-20-21(11)13(22)8-10(2)23-14(16,17)18/h4-6,10,20H,3,7-8H2,1-2H3/b9-4+,12-5-. The average molecular weight is 443 g/mol. The third kappa shape index (κ3) is 6.83. The fraction of sp³-hybridized carbons (Fsp3) is 0.429. The summed E-state index contributed by atoms with van der Waals surface area (Å²) < 4.78 is 39.6. The number of nitrogens with one attached hydrogen (secondary N) is 1. The minimum absolute atomic E-state index is 0.228. The molecule has 1 rings (SSSR count). The van der Waals surface area contributed by atoms with Crippen LogP contribution in [0.4, 0.5) is 13.2 Å². The summed E-state index contributed by atoms with van der Waals surface area (Å²) in [5.41, 5.74) is 3.94. The molecule has 0 fully saturated rings. The van der Waals surface area contributed by atoms with E-state index in [1.54, 1.807) is 13.0 Å². The normalized spacial score (nSPS) is 18.0. The molecule has 0 radical (unpaired) electrons. The summed E-state index contributed by atoms with van der Waals surface area (Å²) in [5, 5.41) is 1.24. The zero-order valence-corrected chi connectivity index (χ0v) is 14.8. The molecule has 9 heteroatoms. The highest BCUT2D eigenvalue weighted by Gasteiger charge is 2.31. The SMILES string of the molecule is C=N/C(F)=C\C=C(/C)C1=CCNN1C(=O)CC(C)OC(F)(F)I. The van der Waals surface area contributed by atoms with E-state index in [0.29, 0.717) is 17.8 Å². The Labute approximate surface area is 146 Å². The molecule has 0 aromatic rings. The molecule has 1 aliphatic rings. The van der Waals surface area contributed by atoms with Crippen molar-refractivity contribution in [2.45, 2.75) is 30.5 Å². The number of nitrogens with zero attached hydrogens (tertiary/aromatic N) is 2. The van der Waals surface area contributed by atoms with Crippen molar-refractivity contribution in [3.8, 4) is 0 Å². The maximum absolute atomic E-state index is 12.9. The van der Waals surface area contributed by atoms with Crippen LogP contribution in [0.3, 0.4) is 0 Å². The molecular formula is C14H17F3IN3O2. The summed E-state index contributed by atoms with van der Waals surface area (Å²) in [6.45, 7) is 6.52. The Hall–Kier alpha value is -1.20. The Balaban J connectivity index is 2.75. The van der Waals surface area contributed by atoms with E-state index in [2.05, 4.69) is 21.9 Å². The quantitative estimate of drug-likeness (QED) is 0.216. The van der Waals surface area contributed by atoms with Gasteiger partial charge in [0, 0.05) is 29.1 Å². The molecular weight excluding hydrogens is 426 g/mol. The summed E-state index contributed by atoms with van der Waals surface area (Å²) in [4.78, 5) is 15.3. The van der Waals surface area contributed by atoms with Crippen LogP contribution in [0.25, 0.3) is 0 Å². The number of halogens is 4. The van der Waals surface area contributed by atoms with Gasteiger partial charge in [-0.1, -0.05) is 6.08 Å². The summed E-state index contributed by atoms with van der Waals surface area (Å²) in [6.07, 6.45) is 3.11. The van der Waals surface area contributed by atoms with Gasteiger partial charge in [0.1, 0.15) is 0 Å². The van der Waals surface area contributed by atoms with Gasteiger partial charge in [0.05, 0.1) is 18.2 Å². The van der Waals surface area contributed by atoms with E-state index in [0.717, 1.165) is 28.7 Å². The summed E-state index contributed by atoms with van der Waals surface area (Å²) in [6, 6.07) is 0. The van der Waals surface area contributed by atoms with E-state index < -0.39 is 22.1 Å². The first-order valence-corrected chi connectivity index (χ1v) is 7.74. The molecule has 23 heavy (non-hydrogen) atoms. The van der Waals surface area contributed by atoms with Crippen LogP contribution in [0.1, 0.15) is 20.3 Å². The number of allylic oxidation sites excluding steroid dienone is 3. The fourth-order valence-corrected chi connectivity index (χ4v) is 2.34. The highest BCUT2D eigenvalue weighted by molar-refractivity contribution is 14.1. The molecule has 1 amide bonds. The maximum atomic E-state index is 12.9. The lowest BCUT2D eigenvalue weighted by Crippen LogP contribution is -2.40. The minimum Gasteiger partial charge on any atom is -0.309 e. The van der Waals surface area contributed by atoms with Crippen molar-refractivity contribution in [1.82, 2.24) is 10.4 Å². The van der Waals surface area contributed by atoms with Gasteiger partial charge in [0.15, 0.2) is 0 Å². The first kappa shape index (κ1) is 19.8. The number of hydrogen-bond acceptors (Lipinski definition) is 4. The second-order valence-electron chi connectivity index (χ2n) is 4.76. The monoisotopic (exact) mass is 443 g/mol. The zero-order valence-electron chi connectivity index (χ0n) is 12.7. The summed E-state index contributed by atoms with van der Waals surface area (Å²) in [5.74, 6) is -1.18. The van der Waals surface area contributed by atoms with Crippen molar-refractivity contribution in [1.29, 1.82) is 0 Å². The molecule has 0 aromatic heterocycles. The van der Waals surface area contributed by atoms with Crippen LogP contribution in [0.15, 0.2) is 40.4 Å². The second kappa shape index (κ2) is 8.60. The number of hydrogen-bond donors (Lipinski definition) is 1. The average Bonchev–Trinajstić information content (AvgIpc) is 2.91. The van der Waals surface area contributed by atoms with Gasteiger partial charge >= 0.3 is 4.12 Å². The van der Waals surface area contributed by atoms with Crippen molar-refractivity contribution in [2.24, 2.45) is 4.99 Å². The van der Waals surface area contributed by atoms with Crippen molar-refractivity contribution < 1.29 is 22.7 Å². The van der Waals surface area contributed by atoms with Gasteiger partial charge < -0.3 is 4.74 Å². The van der Waals surface area contributed by atoms with E-state index in [4.69, 9.17) is 0 Å².